The number of anilines is 1. The van der Waals surface area contributed by atoms with Crippen LogP contribution in [0.1, 0.15) is 20.3 Å². The van der Waals surface area contributed by atoms with Crippen LogP contribution in [0.3, 0.4) is 0 Å². The van der Waals surface area contributed by atoms with E-state index in [1.807, 2.05) is 0 Å². The van der Waals surface area contributed by atoms with Crippen LogP contribution in [0.2, 0.25) is 0 Å². The van der Waals surface area contributed by atoms with Gasteiger partial charge in [-0.3, -0.25) is 4.90 Å². The molecule has 3 rings (SSSR count). The summed E-state index contributed by atoms with van der Waals surface area (Å²) in [6.45, 7) is 10.5. The van der Waals surface area contributed by atoms with Crippen LogP contribution in [0.4, 0.5) is 5.69 Å². The van der Waals surface area contributed by atoms with Crippen molar-refractivity contribution < 1.29 is 0 Å². The molecule has 1 atom stereocenters. The third kappa shape index (κ3) is 2.63. The Bertz CT molecular complexity index is 407. The maximum absolute atomic E-state index is 3.63. The number of rotatable bonds is 2. The molecule has 1 unspecified atom stereocenters. The average Bonchev–Trinajstić information content (AvgIpc) is 2.80. The molecular weight excluding hydrogens is 234 g/mol. The fourth-order valence-electron chi connectivity index (χ4n) is 3.58. The van der Waals surface area contributed by atoms with Crippen molar-refractivity contribution >= 4 is 5.69 Å². The van der Waals surface area contributed by atoms with Crippen LogP contribution < -0.4 is 10.2 Å². The lowest BCUT2D eigenvalue weighted by atomic mass is 9.94. The Hall–Kier alpha value is -1.06. The topological polar surface area (TPSA) is 18.5 Å². The number of hydrogen-bond donors (Lipinski definition) is 1. The molecule has 0 bridgehead atoms. The second-order valence-corrected chi connectivity index (χ2v) is 6.31. The molecule has 0 amide bonds. The minimum Gasteiger partial charge on any atom is -0.369 e. The van der Waals surface area contributed by atoms with E-state index in [4.69, 9.17) is 0 Å². The smallest absolute Gasteiger partial charge is 0.0367 e. The van der Waals surface area contributed by atoms with Gasteiger partial charge in [0.15, 0.2) is 0 Å². The molecular formula is C16H25N3. The molecule has 2 saturated heterocycles. The van der Waals surface area contributed by atoms with Gasteiger partial charge in [0.05, 0.1) is 0 Å². The zero-order valence-corrected chi connectivity index (χ0v) is 12.1. The average molecular weight is 259 g/mol. The van der Waals surface area contributed by atoms with Crippen LogP contribution in [0, 0.1) is 0 Å². The van der Waals surface area contributed by atoms with Crippen molar-refractivity contribution in [1.29, 1.82) is 0 Å². The lowest BCUT2D eigenvalue weighted by Crippen LogP contribution is -2.57. The van der Waals surface area contributed by atoms with Crippen LogP contribution in [0.5, 0.6) is 0 Å². The van der Waals surface area contributed by atoms with Crippen LogP contribution in [-0.2, 0) is 0 Å². The third-order valence-corrected chi connectivity index (χ3v) is 4.71. The van der Waals surface area contributed by atoms with E-state index in [-0.39, 0.29) is 5.54 Å². The van der Waals surface area contributed by atoms with Gasteiger partial charge in [-0.2, -0.15) is 0 Å². The van der Waals surface area contributed by atoms with E-state index in [0.717, 1.165) is 19.6 Å². The first-order valence-electron chi connectivity index (χ1n) is 7.46. The number of benzene rings is 1. The molecule has 1 N–H and O–H groups in total. The number of piperazine rings is 1. The number of para-hydroxylation sites is 1. The highest BCUT2D eigenvalue weighted by atomic mass is 15.3. The van der Waals surface area contributed by atoms with Gasteiger partial charge in [-0.25, -0.2) is 0 Å². The molecule has 2 heterocycles. The summed E-state index contributed by atoms with van der Waals surface area (Å²) in [5.74, 6) is 0. The molecule has 3 heteroatoms. The Morgan fingerprint density at radius 2 is 1.74 bits per heavy atom. The molecule has 2 fully saturated rings. The monoisotopic (exact) mass is 259 g/mol. The van der Waals surface area contributed by atoms with E-state index >= 15 is 0 Å². The first kappa shape index (κ1) is 12.9. The number of nitrogens with one attached hydrogen (secondary N) is 1. The molecule has 1 aromatic rings. The summed E-state index contributed by atoms with van der Waals surface area (Å²) in [6, 6.07) is 11.5. The lowest BCUT2D eigenvalue weighted by Gasteiger charge is -2.43. The number of nitrogens with zero attached hydrogens (tertiary/aromatic N) is 2. The molecule has 0 spiro atoms. The van der Waals surface area contributed by atoms with Gasteiger partial charge in [-0.05, 0) is 38.9 Å². The molecule has 0 aliphatic carbocycles. The van der Waals surface area contributed by atoms with Gasteiger partial charge < -0.3 is 10.2 Å². The van der Waals surface area contributed by atoms with Crippen molar-refractivity contribution in [2.24, 2.45) is 0 Å². The van der Waals surface area contributed by atoms with Gasteiger partial charge in [0.2, 0.25) is 0 Å². The Labute approximate surface area is 116 Å². The first-order valence-corrected chi connectivity index (χ1v) is 7.46. The summed E-state index contributed by atoms with van der Waals surface area (Å²) in [4.78, 5) is 5.19. The fourth-order valence-corrected chi connectivity index (χ4v) is 3.58. The zero-order valence-electron chi connectivity index (χ0n) is 12.1. The zero-order chi connectivity index (χ0) is 13.3. The summed E-state index contributed by atoms with van der Waals surface area (Å²) in [6.07, 6.45) is 1.29. The van der Waals surface area contributed by atoms with E-state index in [2.05, 4.69) is 59.3 Å². The Balaban J connectivity index is 1.61. The van der Waals surface area contributed by atoms with E-state index in [9.17, 15) is 0 Å². The van der Waals surface area contributed by atoms with Gasteiger partial charge in [0.1, 0.15) is 0 Å². The van der Waals surface area contributed by atoms with E-state index in [1.165, 1.54) is 25.2 Å². The Morgan fingerprint density at radius 1 is 1.05 bits per heavy atom. The Kier molecular flexibility index (Phi) is 3.50. The van der Waals surface area contributed by atoms with Crippen LogP contribution in [0.15, 0.2) is 30.3 Å². The van der Waals surface area contributed by atoms with Gasteiger partial charge >= 0.3 is 0 Å². The van der Waals surface area contributed by atoms with E-state index < -0.39 is 0 Å². The highest BCUT2D eigenvalue weighted by Crippen LogP contribution is 2.26. The summed E-state index contributed by atoms with van der Waals surface area (Å²) >= 11 is 0. The lowest BCUT2D eigenvalue weighted by molar-refractivity contribution is 0.139. The maximum atomic E-state index is 3.63. The number of hydrogen-bond acceptors (Lipinski definition) is 3. The molecule has 0 saturated carbocycles. The maximum Gasteiger partial charge on any atom is 0.0367 e. The molecule has 2 aliphatic heterocycles. The highest BCUT2D eigenvalue weighted by Gasteiger charge is 2.38. The largest absolute Gasteiger partial charge is 0.369 e. The molecule has 1 aromatic carbocycles. The molecule has 0 aromatic heterocycles. The summed E-state index contributed by atoms with van der Waals surface area (Å²) in [5.41, 5.74) is 1.64. The van der Waals surface area contributed by atoms with Crippen molar-refractivity contribution in [3.63, 3.8) is 0 Å². The molecule has 0 radical (unpaired) electrons. The van der Waals surface area contributed by atoms with Gasteiger partial charge in [0, 0.05) is 43.4 Å². The third-order valence-electron chi connectivity index (χ3n) is 4.71. The van der Waals surface area contributed by atoms with Crippen molar-refractivity contribution in [3.8, 4) is 0 Å². The predicted molar refractivity (Wildman–Crippen MR) is 80.7 cm³/mol. The quantitative estimate of drug-likeness (QED) is 0.876. The normalized spacial score (nSPS) is 27.7. The van der Waals surface area contributed by atoms with Gasteiger partial charge in [0.25, 0.3) is 0 Å². The molecule has 104 valence electrons. The second kappa shape index (κ2) is 5.14. The van der Waals surface area contributed by atoms with Gasteiger partial charge in [-0.1, -0.05) is 18.2 Å². The first-order chi connectivity index (χ1) is 9.17. The van der Waals surface area contributed by atoms with Crippen LogP contribution in [-0.4, -0.2) is 49.2 Å². The van der Waals surface area contributed by atoms with Crippen LogP contribution in [0.25, 0.3) is 0 Å². The van der Waals surface area contributed by atoms with Crippen molar-refractivity contribution in [3.05, 3.63) is 30.3 Å². The highest BCUT2D eigenvalue weighted by molar-refractivity contribution is 5.46. The minimum atomic E-state index is 0.273. The van der Waals surface area contributed by atoms with Gasteiger partial charge in [-0.15, -0.1) is 0 Å². The van der Waals surface area contributed by atoms with Crippen molar-refractivity contribution in [1.82, 2.24) is 10.2 Å². The Morgan fingerprint density at radius 3 is 2.32 bits per heavy atom. The summed E-state index contributed by atoms with van der Waals surface area (Å²) in [7, 11) is 0. The summed E-state index contributed by atoms with van der Waals surface area (Å²) in [5, 5.41) is 3.63. The van der Waals surface area contributed by atoms with Crippen molar-refractivity contribution in [2.45, 2.75) is 31.8 Å². The molecule has 3 nitrogen and oxygen atoms in total. The van der Waals surface area contributed by atoms with Crippen molar-refractivity contribution in [2.75, 3.05) is 37.6 Å². The molecule has 19 heavy (non-hydrogen) atoms. The van der Waals surface area contributed by atoms with Crippen LogP contribution >= 0.6 is 0 Å². The fraction of sp³-hybridized carbons (Fsp3) is 0.625. The minimum absolute atomic E-state index is 0.273. The summed E-state index contributed by atoms with van der Waals surface area (Å²) < 4.78 is 0. The molecule has 2 aliphatic rings. The van der Waals surface area contributed by atoms with E-state index in [0.29, 0.717) is 6.04 Å². The standard InChI is InChI=1S/C16H25N3/c1-16(2)15(8-9-17-16)19-12-10-18(11-13-19)14-6-4-3-5-7-14/h3-7,15,17H,8-13H2,1-2H3. The SMILES string of the molecule is CC1(C)NCCC1N1CCN(c2ccccc2)CC1. The van der Waals surface area contributed by atoms with E-state index in [1.54, 1.807) is 0 Å². The second-order valence-electron chi connectivity index (χ2n) is 6.31. The predicted octanol–water partition coefficient (Wildman–Crippen LogP) is 1.95.